The molecule has 0 radical (unpaired) electrons. The van der Waals surface area contributed by atoms with Gasteiger partial charge in [0.05, 0.1) is 4.90 Å². The highest BCUT2D eigenvalue weighted by Crippen LogP contribution is 2.24. The molecule has 28 heavy (non-hydrogen) atoms. The van der Waals surface area contributed by atoms with E-state index in [9.17, 15) is 18.0 Å². The van der Waals surface area contributed by atoms with Crippen LogP contribution in [0.4, 0.5) is 10.5 Å². The van der Waals surface area contributed by atoms with Crippen LogP contribution in [0.5, 0.6) is 0 Å². The number of thioether (sulfide) groups is 1. The number of hydrogen-bond acceptors (Lipinski definition) is 5. The molecular formula is C18H28N4O4S2. The predicted octanol–water partition coefficient (Wildman–Crippen LogP) is 1.84. The van der Waals surface area contributed by atoms with Crippen LogP contribution in [0.15, 0.2) is 29.2 Å². The average molecular weight is 429 g/mol. The molecule has 156 valence electrons. The number of urea groups is 1. The summed E-state index contributed by atoms with van der Waals surface area (Å²) >= 11 is 1.56. The Morgan fingerprint density at radius 2 is 1.86 bits per heavy atom. The molecule has 2 rings (SSSR count). The molecule has 1 heterocycles. The third kappa shape index (κ3) is 6.11. The van der Waals surface area contributed by atoms with Crippen LogP contribution in [-0.4, -0.2) is 55.8 Å². The lowest BCUT2D eigenvalue weighted by atomic mass is 10.0. The van der Waals surface area contributed by atoms with E-state index in [0.29, 0.717) is 36.9 Å². The smallest absolute Gasteiger partial charge is 0.312 e. The van der Waals surface area contributed by atoms with Crippen LogP contribution in [0.25, 0.3) is 0 Å². The third-order valence-corrected chi connectivity index (χ3v) is 7.30. The van der Waals surface area contributed by atoms with E-state index in [4.69, 9.17) is 5.73 Å². The normalized spacial score (nSPS) is 17.1. The van der Waals surface area contributed by atoms with E-state index in [0.717, 1.165) is 12.8 Å². The lowest BCUT2D eigenvalue weighted by molar-refractivity contribution is -0.117. The molecule has 8 nitrogen and oxygen atoms in total. The molecule has 1 saturated heterocycles. The zero-order valence-corrected chi connectivity index (χ0v) is 17.8. The summed E-state index contributed by atoms with van der Waals surface area (Å²) in [5, 5.41) is 5.12. The number of carbonyl (C=O) groups excluding carboxylic acids is 2. The zero-order chi connectivity index (χ0) is 20.7. The van der Waals surface area contributed by atoms with Crippen molar-refractivity contribution in [1.82, 2.24) is 9.62 Å². The fraction of sp³-hybridized carbons (Fsp3) is 0.556. The van der Waals surface area contributed by atoms with E-state index in [1.807, 2.05) is 6.26 Å². The second-order valence-electron chi connectivity index (χ2n) is 6.94. The number of sulfonamides is 1. The number of nitrogens with one attached hydrogen (secondary N) is 2. The van der Waals surface area contributed by atoms with Gasteiger partial charge >= 0.3 is 6.03 Å². The van der Waals surface area contributed by atoms with Gasteiger partial charge in [0, 0.05) is 18.8 Å². The van der Waals surface area contributed by atoms with Crippen LogP contribution in [-0.2, 0) is 14.8 Å². The van der Waals surface area contributed by atoms with E-state index in [-0.39, 0.29) is 4.90 Å². The van der Waals surface area contributed by atoms with Gasteiger partial charge in [0.2, 0.25) is 15.9 Å². The first-order valence-electron chi connectivity index (χ1n) is 9.20. The van der Waals surface area contributed by atoms with Crippen LogP contribution in [0.3, 0.4) is 0 Å². The van der Waals surface area contributed by atoms with Gasteiger partial charge in [-0.05, 0) is 61.5 Å². The van der Waals surface area contributed by atoms with Crippen LogP contribution >= 0.6 is 11.8 Å². The summed E-state index contributed by atoms with van der Waals surface area (Å²) in [6.07, 6.45) is 4.06. The van der Waals surface area contributed by atoms with Crippen molar-refractivity contribution >= 4 is 39.4 Å². The van der Waals surface area contributed by atoms with Crippen molar-refractivity contribution in [3.8, 4) is 0 Å². The van der Waals surface area contributed by atoms with E-state index >= 15 is 0 Å². The lowest BCUT2D eigenvalue weighted by Crippen LogP contribution is -2.46. The van der Waals surface area contributed by atoms with E-state index in [2.05, 4.69) is 17.6 Å². The average Bonchev–Trinajstić information content (AvgIpc) is 2.65. The zero-order valence-electron chi connectivity index (χ0n) is 16.2. The molecule has 1 aliphatic rings. The lowest BCUT2D eigenvalue weighted by Gasteiger charge is -2.29. The highest BCUT2D eigenvalue weighted by atomic mass is 32.2. The van der Waals surface area contributed by atoms with Crippen LogP contribution in [0, 0.1) is 5.92 Å². The number of benzene rings is 1. The Balaban J connectivity index is 2.04. The number of hydrogen-bond donors (Lipinski definition) is 3. The van der Waals surface area contributed by atoms with Gasteiger partial charge in [-0.25, -0.2) is 13.2 Å². The molecule has 1 aromatic carbocycles. The molecule has 1 fully saturated rings. The second kappa shape index (κ2) is 10.1. The molecule has 0 aromatic heterocycles. The Kier molecular flexibility index (Phi) is 8.14. The maximum Gasteiger partial charge on any atom is 0.312 e. The number of piperidine rings is 1. The number of anilines is 1. The standard InChI is InChI=1S/C18H28N4O4S2/c1-13-7-10-22(11-8-13)28(25,26)15-5-3-14(4-6-15)20-17(23)16(9-12-27-2)21-18(19)24/h3-6,13,16H,7-12H2,1-2H3,(H,20,23)(H3,19,21,24). The Bertz CT molecular complexity index is 775. The highest BCUT2D eigenvalue weighted by Gasteiger charge is 2.28. The molecule has 4 N–H and O–H groups in total. The van der Waals surface area contributed by atoms with E-state index in [1.54, 1.807) is 23.9 Å². The number of rotatable bonds is 8. The van der Waals surface area contributed by atoms with Gasteiger partial charge in [0.1, 0.15) is 6.04 Å². The summed E-state index contributed by atoms with van der Waals surface area (Å²) in [4.78, 5) is 23.7. The molecule has 0 saturated carbocycles. The van der Waals surface area contributed by atoms with Gasteiger partial charge in [-0.3, -0.25) is 4.79 Å². The number of nitrogens with two attached hydrogens (primary N) is 1. The maximum atomic E-state index is 12.8. The largest absolute Gasteiger partial charge is 0.352 e. The summed E-state index contributed by atoms with van der Waals surface area (Å²) in [5.74, 6) is 0.829. The summed E-state index contributed by atoms with van der Waals surface area (Å²) < 4.78 is 27.0. The fourth-order valence-corrected chi connectivity index (χ4v) is 4.93. The molecule has 0 spiro atoms. The Hall–Kier alpha value is -1.78. The van der Waals surface area contributed by atoms with Crippen molar-refractivity contribution in [2.24, 2.45) is 11.7 Å². The summed E-state index contributed by atoms with van der Waals surface area (Å²) in [5.41, 5.74) is 5.59. The van der Waals surface area contributed by atoms with Gasteiger partial charge in [0.25, 0.3) is 0 Å². The van der Waals surface area contributed by atoms with Crippen molar-refractivity contribution < 1.29 is 18.0 Å². The fourth-order valence-electron chi connectivity index (χ4n) is 2.99. The highest BCUT2D eigenvalue weighted by molar-refractivity contribution is 7.98. The van der Waals surface area contributed by atoms with Gasteiger partial charge in [-0.2, -0.15) is 16.1 Å². The Labute approximate surface area is 170 Å². The molecular weight excluding hydrogens is 400 g/mol. The minimum atomic E-state index is -3.53. The molecule has 10 heteroatoms. The number of primary amides is 1. The number of nitrogens with zero attached hydrogens (tertiary/aromatic N) is 1. The van der Waals surface area contributed by atoms with Crippen LogP contribution in [0.2, 0.25) is 0 Å². The molecule has 0 aliphatic carbocycles. The number of amides is 3. The summed E-state index contributed by atoms with van der Waals surface area (Å²) in [6, 6.07) is 4.56. The summed E-state index contributed by atoms with van der Waals surface area (Å²) in [6.45, 7) is 3.18. The first-order valence-corrected chi connectivity index (χ1v) is 12.0. The van der Waals surface area contributed by atoms with Gasteiger partial charge in [-0.15, -0.1) is 0 Å². The van der Waals surface area contributed by atoms with E-state index < -0.39 is 28.0 Å². The third-order valence-electron chi connectivity index (χ3n) is 4.75. The molecule has 0 bridgehead atoms. The van der Waals surface area contributed by atoms with Gasteiger partial charge < -0.3 is 16.4 Å². The minimum Gasteiger partial charge on any atom is -0.352 e. The van der Waals surface area contributed by atoms with Crippen LogP contribution < -0.4 is 16.4 Å². The second-order valence-corrected chi connectivity index (χ2v) is 9.87. The molecule has 3 amide bonds. The van der Waals surface area contributed by atoms with E-state index in [1.165, 1.54) is 16.4 Å². The molecule has 1 atom stereocenters. The summed E-state index contributed by atoms with van der Waals surface area (Å²) in [7, 11) is -3.53. The van der Waals surface area contributed by atoms with Crippen LogP contribution in [0.1, 0.15) is 26.2 Å². The quantitative estimate of drug-likeness (QED) is 0.583. The van der Waals surface area contributed by atoms with Crippen molar-refractivity contribution in [3.63, 3.8) is 0 Å². The SMILES string of the molecule is CSCCC(NC(N)=O)C(=O)Nc1ccc(S(=O)(=O)N2CCC(C)CC2)cc1. The maximum absolute atomic E-state index is 12.8. The molecule has 1 aliphatic heterocycles. The number of carbonyl (C=O) groups is 2. The minimum absolute atomic E-state index is 0.203. The van der Waals surface area contributed by atoms with Crippen molar-refractivity contribution in [1.29, 1.82) is 0 Å². The predicted molar refractivity (Wildman–Crippen MR) is 112 cm³/mol. The van der Waals surface area contributed by atoms with Gasteiger partial charge in [0.15, 0.2) is 0 Å². The Morgan fingerprint density at radius 3 is 2.39 bits per heavy atom. The van der Waals surface area contributed by atoms with Crippen molar-refractivity contribution in [3.05, 3.63) is 24.3 Å². The first kappa shape index (κ1) is 22.5. The Morgan fingerprint density at radius 1 is 1.25 bits per heavy atom. The van der Waals surface area contributed by atoms with Gasteiger partial charge in [-0.1, -0.05) is 6.92 Å². The van der Waals surface area contributed by atoms with Crippen molar-refractivity contribution in [2.75, 3.05) is 30.4 Å². The topological polar surface area (TPSA) is 122 Å². The molecule has 1 aromatic rings. The van der Waals surface area contributed by atoms with Crippen molar-refractivity contribution in [2.45, 2.75) is 37.1 Å². The monoisotopic (exact) mass is 428 g/mol. The molecule has 1 unspecified atom stereocenters. The first-order chi connectivity index (χ1) is 13.2.